The molecule has 2 rings (SSSR count). The van der Waals surface area contributed by atoms with Gasteiger partial charge in [-0.25, -0.2) is 4.79 Å². The van der Waals surface area contributed by atoms with Crippen LogP contribution < -0.4 is 5.32 Å². The number of anilines is 1. The van der Waals surface area contributed by atoms with Gasteiger partial charge in [-0.05, 0) is 42.2 Å². The normalized spacial score (nSPS) is 10.5. The van der Waals surface area contributed by atoms with E-state index in [9.17, 15) is 9.59 Å². The summed E-state index contributed by atoms with van der Waals surface area (Å²) in [5.74, 6) is -0.798. The number of rotatable bonds is 5. The maximum Gasteiger partial charge on any atom is 0.339 e. The Morgan fingerprint density at radius 3 is 2.43 bits per heavy atom. The fraction of sp³-hybridized carbons (Fsp3) is 0.111. The third-order valence-electron chi connectivity index (χ3n) is 3.13. The summed E-state index contributed by atoms with van der Waals surface area (Å²) in [6.07, 6.45) is 5.17. The van der Waals surface area contributed by atoms with Gasteiger partial charge in [0.05, 0.1) is 18.4 Å². The monoisotopic (exact) mass is 327 g/mol. The zero-order valence-corrected chi connectivity index (χ0v) is 13.7. The number of benzene rings is 2. The summed E-state index contributed by atoms with van der Waals surface area (Å²) in [6.45, 7) is 0. The summed E-state index contributed by atoms with van der Waals surface area (Å²) in [4.78, 5) is 24.8. The van der Waals surface area contributed by atoms with E-state index in [0.717, 1.165) is 5.56 Å². The number of nitrogens with one attached hydrogen (secondary N) is 1. The molecule has 0 unspecified atom stereocenters. The lowest BCUT2D eigenvalue weighted by atomic mass is 10.1. The number of para-hydroxylation sites is 1. The van der Waals surface area contributed by atoms with Gasteiger partial charge in [0.15, 0.2) is 0 Å². The van der Waals surface area contributed by atoms with Gasteiger partial charge in [-0.15, -0.1) is 11.8 Å². The summed E-state index contributed by atoms with van der Waals surface area (Å²) in [5, 5.41) is 2.69. The first-order valence-electron chi connectivity index (χ1n) is 6.94. The molecule has 0 fully saturated rings. The van der Waals surface area contributed by atoms with Crippen LogP contribution in [0, 0.1) is 0 Å². The van der Waals surface area contributed by atoms with Crippen LogP contribution in [-0.4, -0.2) is 25.2 Å². The Morgan fingerprint density at radius 2 is 1.78 bits per heavy atom. The molecule has 0 aliphatic carbocycles. The van der Waals surface area contributed by atoms with E-state index >= 15 is 0 Å². The minimum atomic E-state index is -0.488. The molecule has 4 nitrogen and oxygen atoms in total. The van der Waals surface area contributed by atoms with Crippen molar-refractivity contribution in [1.82, 2.24) is 0 Å². The first-order chi connectivity index (χ1) is 11.1. The van der Waals surface area contributed by atoms with E-state index in [2.05, 4.69) is 5.32 Å². The highest BCUT2D eigenvalue weighted by molar-refractivity contribution is 7.98. The number of hydrogen-bond donors (Lipinski definition) is 1. The number of hydrogen-bond acceptors (Lipinski definition) is 4. The molecule has 1 N–H and O–H groups in total. The van der Waals surface area contributed by atoms with Crippen molar-refractivity contribution in [2.45, 2.75) is 4.90 Å². The molecule has 2 aromatic rings. The fourth-order valence-corrected chi connectivity index (χ4v) is 2.35. The second-order valence-electron chi connectivity index (χ2n) is 4.63. The van der Waals surface area contributed by atoms with Gasteiger partial charge in [-0.1, -0.05) is 24.3 Å². The molecule has 5 heteroatoms. The van der Waals surface area contributed by atoms with Gasteiger partial charge in [-0.2, -0.15) is 0 Å². The Labute approximate surface area is 139 Å². The van der Waals surface area contributed by atoms with E-state index in [1.165, 1.54) is 18.1 Å². The molecule has 0 heterocycles. The molecule has 0 saturated heterocycles. The third kappa shape index (κ3) is 4.72. The van der Waals surface area contributed by atoms with E-state index in [1.54, 1.807) is 42.1 Å². The number of carbonyl (C=O) groups excluding carboxylic acids is 2. The molecule has 2 aromatic carbocycles. The zero-order valence-electron chi connectivity index (χ0n) is 12.9. The molecule has 0 saturated carbocycles. The summed E-state index contributed by atoms with van der Waals surface area (Å²) in [6, 6.07) is 14.6. The maximum atomic E-state index is 12.0. The smallest absolute Gasteiger partial charge is 0.339 e. The molecule has 0 spiro atoms. The highest BCUT2D eigenvalue weighted by Gasteiger charge is 2.11. The van der Waals surface area contributed by atoms with Crippen LogP contribution in [0.3, 0.4) is 0 Å². The zero-order chi connectivity index (χ0) is 16.7. The quantitative estimate of drug-likeness (QED) is 0.515. The summed E-state index contributed by atoms with van der Waals surface area (Å²) < 4.78 is 4.70. The standard InChI is InChI=1S/C18H17NO3S/c1-22-18(21)15-5-3-4-6-16(15)19-17(20)12-9-13-7-10-14(23-2)11-8-13/h3-12H,1-2H3,(H,19,20)/b12-9+. The fourth-order valence-electron chi connectivity index (χ4n) is 1.94. The van der Waals surface area contributed by atoms with Gasteiger partial charge in [0.25, 0.3) is 0 Å². The molecule has 0 atom stereocenters. The van der Waals surface area contributed by atoms with Crippen LogP contribution in [0.2, 0.25) is 0 Å². The first-order valence-corrected chi connectivity index (χ1v) is 8.17. The average Bonchev–Trinajstić information content (AvgIpc) is 2.60. The number of thioether (sulfide) groups is 1. The van der Waals surface area contributed by atoms with Crippen LogP contribution in [0.15, 0.2) is 59.5 Å². The lowest BCUT2D eigenvalue weighted by Gasteiger charge is -2.07. The first kappa shape index (κ1) is 16.8. The topological polar surface area (TPSA) is 55.4 Å². The highest BCUT2D eigenvalue weighted by atomic mass is 32.2. The molecule has 0 aliphatic heterocycles. The molecule has 118 valence electrons. The molecular weight excluding hydrogens is 310 g/mol. The third-order valence-corrected chi connectivity index (χ3v) is 3.88. The number of carbonyl (C=O) groups is 2. The predicted octanol–water partition coefficient (Wildman–Crippen LogP) is 3.85. The van der Waals surface area contributed by atoms with Gasteiger partial charge in [-0.3, -0.25) is 4.79 Å². The van der Waals surface area contributed by atoms with Gasteiger partial charge in [0, 0.05) is 11.0 Å². The Morgan fingerprint density at radius 1 is 1.09 bits per heavy atom. The Kier molecular flexibility index (Phi) is 6.00. The van der Waals surface area contributed by atoms with Crippen molar-refractivity contribution < 1.29 is 14.3 Å². The summed E-state index contributed by atoms with van der Waals surface area (Å²) in [7, 11) is 1.30. The van der Waals surface area contributed by atoms with Crippen LogP contribution in [0.5, 0.6) is 0 Å². The van der Waals surface area contributed by atoms with Crippen LogP contribution in [0.4, 0.5) is 5.69 Å². The number of esters is 1. The molecule has 1 amide bonds. The van der Waals surface area contributed by atoms with Crippen molar-refractivity contribution >= 4 is 35.4 Å². The number of methoxy groups -OCH3 is 1. The van der Waals surface area contributed by atoms with Gasteiger partial charge < -0.3 is 10.1 Å². The van der Waals surface area contributed by atoms with Crippen molar-refractivity contribution in [1.29, 1.82) is 0 Å². The van der Waals surface area contributed by atoms with E-state index in [-0.39, 0.29) is 5.91 Å². The second kappa shape index (κ2) is 8.19. The van der Waals surface area contributed by atoms with Gasteiger partial charge >= 0.3 is 5.97 Å². The van der Waals surface area contributed by atoms with Gasteiger partial charge in [0.2, 0.25) is 5.91 Å². The van der Waals surface area contributed by atoms with E-state index in [4.69, 9.17) is 4.74 Å². The lowest BCUT2D eigenvalue weighted by Crippen LogP contribution is -2.12. The van der Waals surface area contributed by atoms with Crippen molar-refractivity contribution in [2.24, 2.45) is 0 Å². The number of amides is 1. The molecule has 0 radical (unpaired) electrons. The van der Waals surface area contributed by atoms with E-state index in [0.29, 0.717) is 11.3 Å². The van der Waals surface area contributed by atoms with Crippen molar-refractivity contribution in [2.75, 3.05) is 18.7 Å². The largest absolute Gasteiger partial charge is 0.465 e. The second-order valence-corrected chi connectivity index (χ2v) is 5.51. The van der Waals surface area contributed by atoms with Crippen LogP contribution in [0.1, 0.15) is 15.9 Å². The minimum absolute atomic E-state index is 0.310. The molecule has 0 aliphatic rings. The maximum absolute atomic E-state index is 12.0. The van der Waals surface area contributed by atoms with Crippen LogP contribution in [0.25, 0.3) is 6.08 Å². The molecule has 23 heavy (non-hydrogen) atoms. The number of ether oxygens (including phenoxy) is 1. The van der Waals surface area contributed by atoms with Crippen molar-refractivity contribution in [3.8, 4) is 0 Å². The van der Waals surface area contributed by atoms with Gasteiger partial charge in [0.1, 0.15) is 0 Å². The van der Waals surface area contributed by atoms with Crippen LogP contribution >= 0.6 is 11.8 Å². The predicted molar refractivity (Wildman–Crippen MR) is 93.7 cm³/mol. The molecule has 0 bridgehead atoms. The van der Waals surface area contributed by atoms with Crippen molar-refractivity contribution in [3.63, 3.8) is 0 Å². The average molecular weight is 327 g/mol. The van der Waals surface area contributed by atoms with Crippen LogP contribution in [-0.2, 0) is 9.53 Å². The Bertz CT molecular complexity index is 723. The lowest BCUT2D eigenvalue weighted by molar-refractivity contribution is -0.111. The highest BCUT2D eigenvalue weighted by Crippen LogP contribution is 2.17. The summed E-state index contributed by atoms with van der Waals surface area (Å²) >= 11 is 1.66. The minimum Gasteiger partial charge on any atom is -0.465 e. The molecular formula is C18H17NO3S. The Hall–Kier alpha value is -2.53. The van der Waals surface area contributed by atoms with E-state index < -0.39 is 5.97 Å². The Balaban J connectivity index is 2.07. The van der Waals surface area contributed by atoms with Crippen molar-refractivity contribution in [3.05, 3.63) is 65.7 Å². The SMILES string of the molecule is COC(=O)c1ccccc1NC(=O)/C=C/c1ccc(SC)cc1. The van der Waals surface area contributed by atoms with E-state index in [1.807, 2.05) is 30.5 Å². The molecule has 0 aromatic heterocycles. The summed E-state index contributed by atoms with van der Waals surface area (Å²) in [5.41, 5.74) is 1.67.